The van der Waals surface area contributed by atoms with Crippen molar-refractivity contribution >= 4 is 30.6 Å². The van der Waals surface area contributed by atoms with Crippen molar-refractivity contribution in [2.45, 2.75) is 12.6 Å². The van der Waals surface area contributed by atoms with Crippen molar-refractivity contribution in [1.29, 1.82) is 0 Å². The molecule has 1 aliphatic heterocycles. The molecule has 1 fully saturated rings. The zero-order chi connectivity index (χ0) is 20.8. The van der Waals surface area contributed by atoms with E-state index in [1.165, 1.54) is 5.56 Å². The summed E-state index contributed by atoms with van der Waals surface area (Å²) in [4.78, 5) is 18.2. The van der Waals surface area contributed by atoms with Crippen LogP contribution in [0.4, 0.5) is 0 Å². The molecule has 4 rings (SSSR count). The summed E-state index contributed by atoms with van der Waals surface area (Å²) in [6.45, 7) is 4.54. The molecule has 0 radical (unpaired) electrons. The van der Waals surface area contributed by atoms with Gasteiger partial charge in [0.15, 0.2) is 5.78 Å². The maximum absolute atomic E-state index is 13.4. The van der Waals surface area contributed by atoms with Crippen LogP contribution in [0.1, 0.15) is 27.5 Å². The third-order valence-electron chi connectivity index (χ3n) is 5.76. The summed E-state index contributed by atoms with van der Waals surface area (Å²) < 4.78 is 5.25. The van der Waals surface area contributed by atoms with Gasteiger partial charge < -0.3 is 4.74 Å². The van der Waals surface area contributed by atoms with Crippen molar-refractivity contribution in [3.05, 3.63) is 102 Å². The Morgan fingerprint density at radius 3 is 1.94 bits per heavy atom. The molecule has 0 aromatic heterocycles. The zero-order valence-corrected chi connectivity index (χ0v) is 19.9. The van der Waals surface area contributed by atoms with E-state index in [0.29, 0.717) is 0 Å². The molecular weight excluding hydrogens is 443 g/mol. The minimum absolute atomic E-state index is 0. The lowest BCUT2D eigenvalue weighted by Gasteiger charge is -2.39. The Hall–Kier alpha value is -2.37. The van der Waals surface area contributed by atoms with Gasteiger partial charge in [-0.3, -0.25) is 14.6 Å². The van der Waals surface area contributed by atoms with Gasteiger partial charge in [-0.15, -0.1) is 24.8 Å². The summed E-state index contributed by atoms with van der Waals surface area (Å²) in [5.74, 6) is 1.05. The van der Waals surface area contributed by atoms with E-state index in [9.17, 15) is 4.79 Å². The number of hydrogen-bond acceptors (Lipinski definition) is 4. The van der Waals surface area contributed by atoms with E-state index < -0.39 is 0 Å². The predicted molar refractivity (Wildman–Crippen MR) is 134 cm³/mol. The fourth-order valence-corrected chi connectivity index (χ4v) is 4.09. The molecule has 1 heterocycles. The summed E-state index contributed by atoms with van der Waals surface area (Å²) in [7, 11) is 1.69. The second-order valence-electron chi connectivity index (χ2n) is 7.70. The minimum atomic E-state index is -0.239. The third kappa shape index (κ3) is 6.33. The largest absolute Gasteiger partial charge is 0.497 e. The molecule has 32 heavy (non-hydrogen) atoms. The molecule has 1 atom stereocenters. The monoisotopic (exact) mass is 472 g/mol. The number of Topliss-reactive ketones (excluding diaryl/α,β-unsaturated/α-hetero) is 1. The number of piperazine rings is 1. The number of benzene rings is 3. The maximum Gasteiger partial charge on any atom is 0.184 e. The molecule has 0 N–H and O–H groups in total. The third-order valence-corrected chi connectivity index (χ3v) is 5.76. The van der Waals surface area contributed by atoms with Gasteiger partial charge in [-0.05, 0) is 23.3 Å². The van der Waals surface area contributed by atoms with Crippen LogP contribution in [-0.4, -0.2) is 48.9 Å². The van der Waals surface area contributed by atoms with Crippen molar-refractivity contribution in [3.8, 4) is 5.75 Å². The summed E-state index contributed by atoms with van der Waals surface area (Å²) in [5, 5.41) is 0. The highest BCUT2D eigenvalue weighted by Gasteiger charge is 2.30. The van der Waals surface area contributed by atoms with Crippen LogP contribution in [0.15, 0.2) is 84.9 Å². The lowest BCUT2D eigenvalue weighted by Crippen LogP contribution is -2.48. The first-order chi connectivity index (χ1) is 14.7. The van der Waals surface area contributed by atoms with Crippen LogP contribution >= 0.6 is 24.8 Å². The van der Waals surface area contributed by atoms with Gasteiger partial charge in [0.25, 0.3) is 0 Å². The first-order valence-corrected chi connectivity index (χ1v) is 10.5. The maximum atomic E-state index is 13.4. The average Bonchev–Trinajstić information content (AvgIpc) is 2.82. The van der Waals surface area contributed by atoms with Crippen LogP contribution in [0, 0.1) is 0 Å². The van der Waals surface area contributed by atoms with E-state index in [1.807, 2.05) is 60.7 Å². The van der Waals surface area contributed by atoms with Crippen LogP contribution in [0.2, 0.25) is 0 Å². The van der Waals surface area contributed by atoms with Gasteiger partial charge in [-0.1, -0.05) is 72.8 Å². The number of carbonyl (C=O) groups excluding carboxylic acids is 1. The van der Waals surface area contributed by atoms with Crippen LogP contribution < -0.4 is 4.74 Å². The smallest absolute Gasteiger partial charge is 0.184 e. The Balaban J connectivity index is 0.00000181. The van der Waals surface area contributed by atoms with Crippen molar-refractivity contribution in [2.24, 2.45) is 0 Å². The number of nitrogens with zero attached hydrogens (tertiary/aromatic N) is 2. The standard InChI is InChI=1S/C26H28N2O2.2ClH/c1-30-24-14-12-21(13-15-24)20-27-16-18-28(19-17-27)25(22-8-4-2-5-9-22)26(29)23-10-6-3-7-11-23;;/h2-15,25H,16-20H2,1H3;2*1H. The highest BCUT2D eigenvalue weighted by molar-refractivity contribution is 6.00. The van der Waals surface area contributed by atoms with E-state index in [-0.39, 0.29) is 36.6 Å². The van der Waals surface area contributed by atoms with Crippen molar-refractivity contribution < 1.29 is 9.53 Å². The van der Waals surface area contributed by atoms with E-state index in [2.05, 4.69) is 34.1 Å². The highest BCUT2D eigenvalue weighted by Crippen LogP contribution is 2.27. The Morgan fingerprint density at radius 2 is 1.38 bits per heavy atom. The summed E-state index contributed by atoms with van der Waals surface area (Å²) in [6, 6.07) is 27.8. The van der Waals surface area contributed by atoms with Crippen LogP contribution in [0.5, 0.6) is 5.75 Å². The minimum Gasteiger partial charge on any atom is -0.497 e. The molecule has 0 saturated carbocycles. The van der Waals surface area contributed by atoms with Gasteiger partial charge in [0.2, 0.25) is 0 Å². The molecule has 0 spiro atoms. The SMILES string of the molecule is COc1ccc(CN2CCN(C(C(=O)c3ccccc3)c3ccccc3)CC2)cc1.Cl.Cl. The second kappa shape index (κ2) is 12.6. The highest BCUT2D eigenvalue weighted by atomic mass is 35.5. The van der Waals surface area contributed by atoms with E-state index in [4.69, 9.17) is 4.74 Å². The first-order valence-electron chi connectivity index (χ1n) is 10.5. The molecule has 3 aromatic carbocycles. The number of halogens is 2. The Bertz CT molecular complexity index is 945. The topological polar surface area (TPSA) is 32.8 Å². The molecule has 3 aromatic rings. The predicted octanol–water partition coefficient (Wildman–Crippen LogP) is 5.28. The van der Waals surface area contributed by atoms with Crippen LogP contribution in [-0.2, 0) is 6.54 Å². The normalized spacial score (nSPS) is 15.2. The molecule has 1 unspecified atom stereocenters. The molecule has 170 valence electrons. The fourth-order valence-electron chi connectivity index (χ4n) is 4.09. The van der Waals surface area contributed by atoms with E-state index >= 15 is 0 Å². The number of hydrogen-bond donors (Lipinski definition) is 0. The number of carbonyl (C=O) groups is 1. The van der Waals surface area contributed by atoms with Gasteiger partial charge in [0.1, 0.15) is 5.75 Å². The molecule has 4 nitrogen and oxygen atoms in total. The van der Waals surface area contributed by atoms with Crippen molar-refractivity contribution in [1.82, 2.24) is 9.80 Å². The van der Waals surface area contributed by atoms with Gasteiger partial charge in [0.05, 0.1) is 13.2 Å². The molecule has 0 amide bonds. The lowest BCUT2D eigenvalue weighted by molar-refractivity contribution is 0.0650. The fraction of sp³-hybridized carbons (Fsp3) is 0.269. The van der Waals surface area contributed by atoms with Crippen LogP contribution in [0.25, 0.3) is 0 Å². The molecule has 1 aliphatic rings. The Labute approximate surface area is 203 Å². The number of ketones is 1. The van der Waals surface area contributed by atoms with Crippen LogP contribution in [0.3, 0.4) is 0 Å². The molecule has 0 aliphatic carbocycles. The number of ether oxygens (including phenoxy) is 1. The first kappa shape index (κ1) is 25.9. The van der Waals surface area contributed by atoms with Gasteiger partial charge in [-0.25, -0.2) is 0 Å². The second-order valence-corrected chi connectivity index (χ2v) is 7.70. The Morgan fingerprint density at radius 1 is 0.812 bits per heavy atom. The van der Waals surface area contributed by atoms with Crippen molar-refractivity contribution in [2.75, 3.05) is 33.3 Å². The van der Waals surface area contributed by atoms with Gasteiger partial charge >= 0.3 is 0 Å². The van der Waals surface area contributed by atoms with E-state index in [0.717, 1.165) is 49.6 Å². The average molecular weight is 473 g/mol. The van der Waals surface area contributed by atoms with Gasteiger partial charge in [-0.2, -0.15) is 0 Å². The molecule has 6 heteroatoms. The Kier molecular flexibility index (Phi) is 10.2. The van der Waals surface area contributed by atoms with E-state index in [1.54, 1.807) is 7.11 Å². The zero-order valence-electron chi connectivity index (χ0n) is 18.2. The molecule has 1 saturated heterocycles. The van der Waals surface area contributed by atoms with Crippen molar-refractivity contribution in [3.63, 3.8) is 0 Å². The molecular formula is C26H30Cl2N2O2. The quantitative estimate of drug-likeness (QED) is 0.437. The number of methoxy groups -OCH3 is 1. The lowest BCUT2D eigenvalue weighted by atomic mass is 9.95. The summed E-state index contributed by atoms with van der Waals surface area (Å²) in [6.07, 6.45) is 0. The summed E-state index contributed by atoms with van der Waals surface area (Å²) >= 11 is 0. The van der Waals surface area contributed by atoms with Gasteiger partial charge in [0, 0.05) is 38.3 Å². The summed E-state index contributed by atoms with van der Waals surface area (Å²) in [5.41, 5.74) is 3.12. The number of rotatable bonds is 7. The molecule has 0 bridgehead atoms.